The van der Waals surface area contributed by atoms with Gasteiger partial charge in [-0.1, -0.05) is 0 Å². The molecule has 3 nitrogen and oxygen atoms in total. The maximum absolute atomic E-state index is 13.0. The van der Waals surface area contributed by atoms with E-state index in [1.54, 1.807) is 14.2 Å². The highest BCUT2D eigenvalue weighted by Crippen LogP contribution is 2.19. The molecule has 1 rings (SSSR count). The molecule has 0 spiro atoms. The maximum atomic E-state index is 13.0. The van der Waals surface area contributed by atoms with Crippen LogP contribution in [0.25, 0.3) is 0 Å². The van der Waals surface area contributed by atoms with Crippen molar-refractivity contribution in [1.29, 1.82) is 0 Å². The molecule has 1 aromatic carbocycles. The van der Waals surface area contributed by atoms with Crippen molar-refractivity contribution in [3.05, 3.63) is 35.4 Å². The number of benzene rings is 1. The van der Waals surface area contributed by atoms with Crippen LogP contribution in [0.15, 0.2) is 18.2 Å². The minimum Gasteiger partial charge on any atom is -0.377 e. The predicted octanol–water partition coefficient (Wildman–Crippen LogP) is 3.56. The molecule has 0 aliphatic rings. The minimum atomic E-state index is -2.55. The zero-order valence-corrected chi connectivity index (χ0v) is 13.2. The van der Waals surface area contributed by atoms with E-state index in [0.717, 1.165) is 18.9 Å². The molecule has 0 atom stereocenters. The number of hydrogen-bond acceptors (Lipinski definition) is 3. The van der Waals surface area contributed by atoms with E-state index in [1.807, 2.05) is 6.92 Å². The first-order valence-electron chi connectivity index (χ1n) is 6.74. The van der Waals surface area contributed by atoms with Gasteiger partial charge in [0.15, 0.2) is 0 Å². The van der Waals surface area contributed by atoms with Crippen molar-refractivity contribution in [2.45, 2.75) is 32.2 Å². The number of rotatable bonds is 9. The molecule has 1 aromatic rings. The molecule has 0 unspecified atom stereocenters. The van der Waals surface area contributed by atoms with Gasteiger partial charge in [-0.25, -0.2) is 8.78 Å². The first-order valence-corrected chi connectivity index (χ1v) is 8.67. The van der Waals surface area contributed by atoms with Crippen LogP contribution in [0.1, 0.15) is 25.3 Å². The average Bonchev–Trinajstić information content (AvgIpc) is 2.41. The first-order chi connectivity index (χ1) is 9.55. The molecule has 20 heavy (non-hydrogen) atoms. The number of halogens is 2. The molecule has 114 valence electrons. The quantitative estimate of drug-likeness (QED) is 0.516. The van der Waals surface area contributed by atoms with Gasteiger partial charge in [0.1, 0.15) is 11.6 Å². The number of unbranched alkanes of at least 4 members (excludes halogenated alkanes) is 1. The highest BCUT2D eigenvalue weighted by atomic mass is 28.4. The second-order valence-corrected chi connectivity index (χ2v) is 7.48. The van der Waals surface area contributed by atoms with E-state index >= 15 is 0 Å². The van der Waals surface area contributed by atoms with Crippen LogP contribution in [0.2, 0.25) is 6.04 Å². The first kappa shape index (κ1) is 17.2. The van der Waals surface area contributed by atoms with Crippen LogP contribution in [0.5, 0.6) is 0 Å². The van der Waals surface area contributed by atoms with Crippen molar-refractivity contribution in [2.24, 2.45) is 0 Å². The summed E-state index contributed by atoms with van der Waals surface area (Å²) in [6, 6.07) is 4.31. The molecule has 0 fully saturated rings. The average molecular weight is 304 g/mol. The van der Waals surface area contributed by atoms with E-state index in [4.69, 9.17) is 13.3 Å². The smallest absolute Gasteiger partial charge is 0.377 e. The summed E-state index contributed by atoms with van der Waals surface area (Å²) in [7, 11) is 0.630. The van der Waals surface area contributed by atoms with Crippen LogP contribution in [0.3, 0.4) is 0 Å². The highest BCUT2D eigenvalue weighted by molar-refractivity contribution is 6.60. The fraction of sp³-hybridized carbons (Fsp3) is 0.571. The Morgan fingerprint density at radius 1 is 1.00 bits per heavy atom. The molecule has 0 aliphatic heterocycles. The summed E-state index contributed by atoms with van der Waals surface area (Å²) in [5.41, 5.74) is 0.668. The molecule has 0 amide bonds. The lowest BCUT2D eigenvalue weighted by atomic mass is 10.1. The van der Waals surface area contributed by atoms with E-state index in [0.29, 0.717) is 24.6 Å². The summed E-state index contributed by atoms with van der Waals surface area (Å²) in [4.78, 5) is 0. The lowest BCUT2D eigenvalue weighted by Crippen LogP contribution is -2.43. The third-order valence-corrected chi connectivity index (χ3v) is 6.05. The Morgan fingerprint density at radius 2 is 1.60 bits per heavy atom. The Bertz CT molecular complexity index is 391. The largest absolute Gasteiger partial charge is 0.500 e. The summed E-state index contributed by atoms with van der Waals surface area (Å²) < 4.78 is 42.5. The summed E-state index contributed by atoms with van der Waals surface area (Å²) >= 11 is 0. The second-order valence-electron chi connectivity index (χ2n) is 4.51. The van der Waals surface area contributed by atoms with Crippen LogP contribution in [0, 0.1) is 11.6 Å². The lowest BCUT2D eigenvalue weighted by Gasteiger charge is -2.25. The topological polar surface area (TPSA) is 27.7 Å². The fourth-order valence-corrected chi connectivity index (χ4v) is 4.20. The minimum absolute atomic E-state index is 0.535. The van der Waals surface area contributed by atoms with Crippen molar-refractivity contribution < 1.29 is 22.1 Å². The van der Waals surface area contributed by atoms with Crippen LogP contribution >= 0.6 is 0 Å². The Kier molecular flexibility index (Phi) is 7.29. The standard InChI is InChI=1S/C14H22F2O3Si/c1-4-19-20(17-2,18-3)8-6-5-7-12-9-13(15)11-14(16)10-12/h9-11H,4-8H2,1-3H3. The number of hydrogen-bond donors (Lipinski definition) is 0. The Morgan fingerprint density at radius 3 is 2.10 bits per heavy atom. The van der Waals surface area contributed by atoms with Crippen LogP contribution < -0.4 is 0 Å². The predicted molar refractivity (Wildman–Crippen MR) is 75.5 cm³/mol. The fourth-order valence-electron chi connectivity index (χ4n) is 2.12. The van der Waals surface area contributed by atoms with Crippen LogP contribution in [0.4, 0.5) is 8.78 Å². The molecule has 0 heterocycles. The summed E-state index contributed by atoms with van der Waals surface area (Å²) in [5.74, 6) is -1.07. The molecule has 0 bridgehead atoms. The van der Waals surface area contributed by atoms with Gasteiger partial charge in [0.2, 0.25) is 0 Å². The van der Waals surface area contributed by atoms with Crippen LogP contribution in [-0.2, 0) is 19.7 Å². The SMILES string of the molecule is CCO[Si](CCCCc1cc(F)cc(F)c1)(OC)OC. The highest BCUT2D eigenvalue weighted by Gasteiger charge is 2.37. The molecule has 0 saturated heterocycles. The van der Waals surface area contributed by atoms with E-state index < -0.39 is 20.4 Å². The van der Waals surface area contributed by atoms with Crippen molar-refractivity contribution in [3.63, 3.8) is 0 Å². The van der Waals surface area contributed by atoms with Crippen LogP contribution in [-0.4, -0.2) is 29.6 Å². The molecule has 0 radical (unpaired) electrons. The van der Waals surface area contributed by atoms with Gasteiger partial charge in [-0.05, 0) is 43.9 Å². The summed E-state index contributed by atoms with van der Waals surface area (Å²) in [6.07, 6.45) is 2.25. The molecule has 0 aromatic heterocycles. The van der Waals surface area contributed by atoms with Crippen molar-refractivity contribution >= 4 is 8.80 Å². The zero-order valence-electron chi connectivity index (χ0n) is 12.2. The van der Waals surface area contributed by atoms with E-state index in [-0.39, 0.29) is 0 Å². The van der Waals surface area contributed by atoms with Crippen molar-refractivity contribution in [3.8, 4) is 0 Å². The lowest BCUT2D eigenvalue weighted by molar-refractivity contribution is 0.103. The van der Waals surface area contributed by atoms with E-state index in [9.17, 15) is 8.78 Å². The molecule has 6 heteroatoms. The van der Waals surface area contributed by atoms with Gasteiger partial charge in [-0.15, -0.1) is 0 Å². The molecular weight excluding hydrogens is 282 g/mol. The van der Waals surface area contributed by atoms with Crippen molar-refractivity contribution in [2.75, 3.05) is 20.8 Å². The Balaban J connectivity index is 2.43. The van der Waals surface area contributed by atoms with Gasteiger partial charge in [0.25, 0.3) is 0 Å². The number of aryl methyl sites for hydroxylation is 1. The third kappa shape index (κ3) is 5.28. The zero-order chi connectivity index (χ0) is 15.0. The Hall–Kier alpha value is -0.823. The van der Waals surface area contributed by atoms with E-state index in [1.165, 1.54) is 12.1 Å². The van der Waals surface area contributed by atoms with Gasteiger partial charge in [-0.3, -0.25) is 0 Å². The summed E-state index contributed by atoms with van der Waals surface area (Å²) in [6.45, 7) is 2.44. The van der Waals surface area contributed by atoms with Gasteiger partial charge in [0.05, 0.1) is 0 Å². The summed E-state index contributed by atoms with van der Waals surface area (Å²) in [5, 5.41) is 0. The van der Waals surface area contributed by atoms with Gasteiger partial charge in [0, 0.05) is 32.9 Å². The molecule has 0 aliphatic carbocycles. The molecular formula is C14H22F2O3Si. The van der Waals surface area contributed by atoms with E-state index in [2.05, 4.69) is 0 Å². The maximum Gasteiger partial charge on any atom is 0.500 e. The van der Waals surface area contributed by atoms with Crippen molar-refractivity contribution in [1.82, 2.24) is 0 Å². The van der Waals surface area contributed by atoms with Gasteiger partial charge >= 0.3 is 8.80 Å². The van der Waals surface area contributed by atoms with Gasteiger partial charge < -0.3 is 13.3 Å². The monoisotopic (exact) mass is 304 g/mol. The third-order valence-electron chi connectivity index (χ3n) is 3.11. The molecule has 0 N–H and O–H groups in total. The van der Waals surface area contributed by atoms with Gasteiger partial charge in [-0.2, -0.15) is 0 Å². The molecule has 0 saturated carbocycles. The Labute approximate surface area is 120 Å². The second kappa shape index (κ2) is 8.46. The normalized spacial score (nSPS) is 11.8.